The Kier molecular flexibility index (Phi) is 8.27. The van der Waals surface area contributed by atoms with Gasteiger partial charge in [-0.1, -0.05) is 60.7 Å². The van der Waals surface area contributed by atoms with E-state index in [-0.39, 0.29) is 47.5 Å². The summed E-state index contributed by atoms with van der Waals surface area (Å²) < 4.78 is 66.0. The van der Waals surface area contributed by atoms with Gasteiger partial charge >= 0.3 is 37.7 Å². The zero-order valence-electron chi connectivity index (χ0n) is 16.9. The number of hydrogen-bond donors (Lipinski definition) is 0. The molecule has 0 saturated carbocycles. The van der Waals surface area contributed by atoms with E-state index in [4.69, 9.17) is 0 Å². The topological polar surface area (TPSA) is 114 Å². The average molecular weight is 483 g/mol. The van der Waals surface area contributed by atoms with Crippen molar-refractivity contribution in [3.8, 4) is 0 Å². The van der Waals surface area contributed by atoms with Gasteiger partial charge in [0.25, 0.3) is 0 Å². The quantitative estimate of drug-likeness (QED) is 0.318. The van der Waals surface area contributed by atoms with Crippen molar-refractivity contribution in [1.29, 1.82) is 0 Å². The van der Waals surface area contributed by atoms with Crippen LogP contribution in [0, 0.1) is 13.8 Å². The Labute approximate surface area is 211 Å². The van der Waals surface area contributed by atoms with Gasteiger partial charge in [-0.25, -0.2) is 16.8 Å². The van der Waals surface area contributed by atoms with E-state index < -0.39 is 20.2 Å². The molecule has 0 aliphatic heterocycles. The number of benzene rings is 4. The Morgan fingerprint density at radius 3 is 1.13 bits per heavy atom. The van der Waals surface area contributed by atoms with Gasteiger partial charge in [-0.15, -0.1) is 0 Å². The van der Waals surface area contributed by atoms with Crippen LogP contribution >= 0.6 is 0 Å². The van der Waals surface area contributed by atoms with Crippen LogP contribution in [0.15, 0.2) is 82.6 Å². The fourth-order valence-electron chi connectivity index (χ4n) is 3.31. The van der Waals surface area contributed by atoms with Gasteiger partial charge < -0.3 is 9.11 Å². The fraction of sp³-hybridized carbons (Fsp3) is 0.0909. The third-order valence-electron chi connectivity index (χ3n) is 4.74. The first-order chi connectivity index (χ1) is 14.0. The van der Waals surface area contributed by atoms with E-state index in [1.165, 1.54) is 12.1 Å². The van der Waals surface area contributed by atoms with Gasteiger partial charge in [0.05, 0.1) is 9.79 Å². The summed E-state index contributed by atoms with van der Waals surface area (Å²) in [6.45, 7) is 3.76. The van der Waals surface area contributed by atoms with Gasteiger partial charge in [0.2, 0.25) is 0 Å². The van der Waals surface area contributed by atoms with Crippen LogP contribution in [0.4, 0.5) is 0 Å². The van der Waals surface area contributed by atoms with Crippen LogP contribution in [0.5, 0.6) is 0 Å². The van der Waals surface area contributed by atoms with Crippen molar-refractivity contribution in [2.75, 3.05) is 0 Å². The molecule has 4 aromatic carbocycles. The molecule has 0 saturated heterocycles. The minimum Gasteiger partial charge on any atom is -0.744 e. The van der Waals surface area contributed by atoms with Gasteiger partial charge in [0.1, 0.15) is 20.2 Å². The number of hydrogen-bond acceptors (Lipinski definition) is 6. The zero-order chi connectivity index (χ0) is 22.1. The third kappa shape index (κ3) is 5.84. The van der Waals surface area contributed by atoms with E-state index in [2.05, 4.69) is 0 Å². The van der Waals surface area contributed by atoms with Crippen molar-refractivity contribution in [3.63, 3.8) is 0 Å². The number of rotatable bonds is 2. The van der Waals surface area contributed by atoms with Crippen LogP contribution in [0.25, 0.3) is 21.5 Å². The van der Waals surface area contributed by atoms with Crippen molar-refractivity contribution in [2.24, 2.45) is 0 Å². The van der Waals surface area contributed by atoms with E-state index in [0.717, 1.165) is 21.9 Å². The van der Waals surface area contributed by atoms with Crippen LogP contribution in [0.1, 0.15) is 11.1 Å². The minimum absolute atomic E-state index is 0. The Morgan fingerprint density at radius 1 is 0.516 bits per heavy atom. The van der Waals surface area contributed by atoms with E-state index in [9.17, 15) is 25.9 Å². The molecule has 4 rings (SSSR count). The summed E-state index contributed by atoms with van der Waals surface area (Å²) >= 11 is 0. The molecule has 0 N–H and O–H groups in total. The largest absolute Gasteiger partial charge is 2.00 e. The van der Waals surface area contributed by atoms with Gasteiger partial charge in [-0.3, -0.25) is 0 Å². The second-order valence-electron chi connectivity index (χ2n) is 6.76. The van der Waals surface area contributed by atoms with Gasteiger partial charge in [-0.05, 0) is 58.7 Å². The third-order valence-corrected chi connectivity index (χ3v) is 6.53. The first-order valence-electron chi connectivity index (χ1n) is 8.88. The van der Waals surface area contributed by atoms with Crippen molar-refractivity contribution < 1.29 is 25.9 Å². The Hall–Kier alpha value is -1.52. The van der Waals surface area contributed by atoms with Gasteiger partial charge in [0, 0.05) is 0 Å². The second kappa shape index (κ2) is 9.95. The van der Waals surface area contributed by atoms with Crippen molar-refractivity contribution in [2.45, 2.75) is 23.6 Å². The molecule has 0 radical (unpaired) electrons. The maximum atomic E-state index is 11.0. The molecule has 0 aromatic heterocycles. The molecule has 6 nitrogen and oxygen atoms in total. The van der Waals surface area contributed by atoms with Crippen LogP contribution < -0.4 is 0 Å². The molecule has 0 aliphatic carbocycles. The Morgan fingerprint density at radius 2 is 0.806 bits per heavy atom. The molecule has 0 spiro atoms. The SMILES string of the molecule is Cc1cccc2c(S(=O)(=O)[O-])cccc12.Cc1cccc2c(S(=O)(=O)[O-])cccc12.[Ca+2]. The molecule has 156 valence electrons. The summed E-state index contributed by atoms with van der Waals surface area (Å²) in [4.78, 5) is -0.299. The monoisotopic (exact) mass is 482 g/mol. The molecule has 31 heavy (non-hydrogen) atoms. The average Bonchev–Trinajstić information content (AvgIpc) is 2.67. The molecular formula is C22H18CaO6S2. The van der Waals surface area contributed by atoms with Crippen LogP contribution in [0.3, 0.4) is 0 Å². The van der Waals surface area contributed by atoms with E-state index in [1.54, 1.807) is 48.5 Å². The molecule has 4 aromatic rings. The van der Waals surface area contributed by atoms with E-state index in [0.29, 0.717) is 10.8 Å². The predicted octanol–water partition coefficient (Wildman–Crippen LogP) is 3.72. The van der Waals surface area contributed by atoms with Gasteiger partial charge in [0.15, 0.2) is 0 Å². The van der Waals surface area contributed by atoms with E-state index in [1.807, 2.05) is 26.0 Å². The summed E-state index contributed by atoms with van der Waals surface area (Å²) in [7, 11) is -8.79. The summed E-state index contributed by atoms with van der Waals surface area (Å²) in [5, 5.41) is 2.59. The normalized spacial score (nSPS) is 11.5. The van der Waals surface area contributed by atoms with Crippen LogP contribution in [-0.2, 0) is 20.2 Å². The summed E-state index contributed by atoms with van der Waals surface area (Å²) in [5.41, 5.74) is 1.91. The van der Waals surface area contributed by atoms with E-state index >= 15 is 0 Å². The molecule has 0 amide bonds. The Bertz CT molecular complexity index is 1350. The molecule has 0 aliphatic rings. The summed E-state index contributed by atoms with van der Waals surface area (Å²) in [5.74, 6) is 0. The number of fused-ring (bicyclic) bond motifs is 2. The molecule has 0 unspecified atom stereocenters. The zero-order valence-corrected chi connectivity index (χ0v) is 20.7. The van der Waals surface area contributed by atoms with Crippen LogP contribution in [-0.4, -0.2) is 63.7 Å². The Balaban J connectivity index is 0.000000213. The fourth-order valence-corrected chi connectivity index (χ4v) is 4.70. The molecular weight excluding hydrogens is 464 g/mol. The second-order valence-corrected chi connectivity index (χ2v) is 9.46. The summed E-state index contributed by atoms with van der Waals surface area (Å²) in [6.07, 6.45) is 0. The molecule has 0 bridgehead atoms. The maximum Gasteiger partial charge on any atom is 2.00 e. The van der Waals surface area contributed by atoms with Crippen LogP contribution in [0.2, 0.25) is 0 Å². The first-order valence-corrected chi connectivity index (χ1v) is 11.7. The number of aryl methyl sites for hydroxylation is 2. The maximum absolute atomic E-state index is 11.0. The standard InChI is InChI=1S/2C11H10O3S.Ca/c2*1-8-4-2-6-10-9(8)5-3-7-11(10)15(12,13)14;/h2*2-7H,1H3,(H,12,13,14);/q;;+2/p-2. The van der Waals surface area contributed by atoms with Crippen molar-refractivity contribution >= 4 is 79.5 Å². The molecule has 9 heteroatoms. The molecule has 0 heterocycles. The minimum atomic E-state index is -4.40. The first kappa shape index (κ1) is 25.7. The van der Waals surface area contributed by atoms with Crippen molar-refractivity contribution in [3.05, 3.63) is 83.9 Å². The van der Waals surface area contributed by atoms with Crippen molar-refractivity contribution in [1.82, 2.24) is 0 Å². The summed E-state index contributed by atoms with van der Waals surface area (Å²) in [6, 6.07) is 20.0. The molecule has 0 atom stereocenters. The predicted molar refractivity (Wildman–Crippen MR) is 119 cm³/mol. The molecule has 0 fully saturated rings. The smallest absolute Gasteiger partial charge is 0.744 e. The van der Waals surface area contributed by atoms with Gasteiger partial charge in [-0.2, -0.15) is 0 Å².